The van der Waals surface area contributed by atoms with Crippen molar-refractivity contribution in [2.75, 3.05) is 5.32 Å². The number of nitrogens with one attached hydrogen (secondary N) is 1. The molecule has 1 saturated carbocycles. The van der Waals surface area contributed by atoms with Gasteiger partial charge in [-0.2, -0.15) is 13.2 Å². The molecule has 3 atom stereocenters. The molecule has 8 heteroatoms. The summed E-state index contributed by atoms with van der Waals surface area (Å²) in [7, 11) is 0. The van der Waals surface area contributed by atoms with E-state index in [-0.39, 0.29) is 12.8 Å². The van der Waals surface area contributed by atoms with Crippen LogP contribution in [0.2, 0.25) is 0 Å². The first-order valence-corrected chi connectivity index (χ1v) is 8.83. The molecule has 0 radical (unpaired) electrons. The van der Waals surface area contributed by atoms with Crippen LogP contribution >= 0.6 is 34.2 Å². The normalized spacial score (nSPS) is 24.3. The lowest BCUT2D eigenvalue weighted by atomic mass is 10.0. The fourth-order valence-electron chi connectivity index (χ4n) is 3.01. The third-order valence-corrected chi connectivity index (χ3v) is 5.67. The number of rotatable bonds is 2. The van der Waals surface area contributed by atoms with E-state index in [1.807, 2.05) is 12.1 Å². The lowest BCUT2D eigenvalue weighted by molar-refractivity contribution is -0.172. The van der Waals surface area contributed by atoms with Crippen LogP contribution in [-0.2, 0) is 4.79 Å². The monoisotopic (exact) mass is 468 g/mol. The molecule has 0 saturated heterocycles. The van der Waals surface area contributed by atoms with E-state index in [2.05, 4.69) is 32.9 Å². The molecule has 24 heavy (non-hydrogen) atoms. The van der Waals surface area contributed by atoms with E-state index in [0.717, 1.165) is 8.96 Å². The van der Waals surface area contributed by atoms with Crippen LogP contribution in [0.1, 0.15) is 12.8 Å². The molecule has 0 aliphatic heterocycles. The van der Waals surface area contributed by atoms with Gasteiger partial charge in [0.2, 0.25) is 5.91 Å². The van der Waals surface area contributed by atoms with Gasteiger partial charge in [0, 0.05) is 26.4 Å². The van der Waals surface area contributed by atoms with Crippen LogP contribution in [0.25, 0.3) is 10.9 Å². The molecule has 0 bridgehead atoms. The molecule has 1 aromatic heterocycles. The van der Waals surface area contributed by atoms with Crippen LogP contribution in [0.4, 0.5) is 18.9 Å². The summed E-state index contributed by atoms with van der Waals surface area (Å²) in [6.45, 7) is 0. The van der Waals surface area contributed by atoms with Crippen molar-refractivity contribution in [1.82, 2.24) is 4.98 Å². The highest BCUT2D eigenvalue weighted by Crippen LogP contribution is 2.45. The van der Waals surface area contributed by atoms with Crippen LogP contribution in [0.15, 0.2) is 30.5 Å². The van der Waals surface area contributed by atoms with Crippen LogP contribution < -0.4 is 5.32 Å². The fourth-order valence-corrected chi connectivity index (χ4v) is 4.09. The second-order valence-corrected chi connectivity index (χ2v) is 7.54. The first-order chi connectivity index (χ1) is 11.3. The first kappa shape index (κ1) is 17.7. The van der Waals surface area contributed by atoms with Crippen molar-refractivity contribution in [3.8, 4) is 0 Å². The Morgan fingerprint density at radius 2 is 2.04 bits per heavy atom. The highest BCUT2D eigenvalue weighted by atomic mass is 127. The van der Waals surface area contributed by atoms with Crippen molar-refractivity contribution in [2.24, 2.45) is 11.8 Å². The van der Waals surface area contributed by atoms with E-state index in [1.54, 1.807) is 18.3 Å². The SMILES string of the molecule is O=C(Nc1ccc(I)c2cccnc12)C1CC(Cl)C(C(F)(F)F)C1. The summed E-state index contributed by atoms with van der Waals surface area (Å²) < 4.78 is 39.7. The molecular formula is C16H13ClF3IN2O. The fraction of sp³-hybridized carbons (Fsp3) is 0.375. The summed E-state index contributed by atoms with van der Waals surface area (Å²) in [5.74, 6) is -2.83. The maximum Gasteiger partial charge on any atom is 0.393 e. The van der Waals surface area contributed by atoms with Crippen molar-refractivity contribution >= 4 is 56.7 Å². The number of halogens is 5. The van der Waals surface area contributed by atoms with Crippen molar-refractivity contribution in [2.45, 2.75) is 24.4 Å². The van der Waals surface area contributed by atoms with E-state index < -0.39 is 29.3 Å². The lowest BCUT2D eigenvalue weighted by Crippen LogP contribution is -2.27. The van der Waals surface area contributed by atoms with Gasteiger partial charge in [-0.1, -0.05) is 6.07 Å². The predicted octanol–water partition coefficient (Wildman–Crippen LogP) is 4.97. The van der Waals surface area contributed by atoms with Crippen molar-refractivity contribution in [3.63, 3.8) is 0 Å². The number of pyridine rings is 1. The highest BCUT2D eigenvalue weighted by Gasteiger charge is 2.51. The standard InChI is InChI=1S/C16H13ClF3IN2O/c17-11-7-8(6-10(11)16(18,19)20)15(24)23-13-4-3-12(21)9-2-1-5-22-14(9)13/h1-5,8,10-11H,6-7H2,(H,23,24). The van der Waals surface area contributed by atoms with Crippen LogP contribution in [0.5, 0.6) is 0 Å². The van der Waals surface area contributed by atoms with Gasteiger partial charge in [-0.3, -0.25) is 9.78 Å². The minimum Gasteiger partial charge on any atom is -0.324 e. The van der Waals surface area contributed by atoms with Gasteiger partial charge < -0.3 is 5.32 Å². The third-order valence-electron chi connectivity index (χ3n) is 4.25. The molecular weight excluding hydrogens is 456 g/mol. The Bertz CT molecular complexity index is 783. The van der Waals surface area contributed by atoms with Crippen molar-refractivity contribution in [3.05, 3.63) is 34.0 Å². The minimum atomic E-state index is -4.38. The van der Waals surface area contributed by atoms with E-state index >= 15 is 0 Å². The maximum absolute atomic E-state index is 12.9. The average Bonchev–Trinajstić information content (AvgIpc) is 2.92. The number of hydrogen-bond acceptors (Lipinski definition) is 2. The van der Waals surface area contributed by atoms with E-state index in [0.29, 0.717) is 11.2 Å². The first-order valence-electron chi connectivity index (χ1n) is 7.32. The van der Waals surface area contributed by atoms with Gasteiger partial charge in [0.1, 0.15) is 0 Å². The number of nitrogens with zero attached hydrogens (tertiary/aromatic N) is 1. The minimum absolute atomic E-state index is 0.0211. The molecule has 1 amide bonds. The number of carbonyl (C=O) groups excluding carboxylic acids is 1. The molecule has 128 valence electrons. The molecule has 3 rings (SSSR count). The van der Waals surface area contributed by atoms with Crippen molar-refractivity contribution in [1.29, 1.82) is 0 Å². The molecule has 1 aliphatic carbocycles. The number of carbonyl (C=O) groups is 1. The van der Waals surface area contributed by atoms with E-state index in [1.165, 1.54) is 0 Å². The topological polar surface area (TPSA) is 42.0 Å². The number of aromatic nitrogens is 1. The van der Waals surface area contributed by atoms with Gasteiger partial charge in [-0.15, -0.1) is 11.6 Å². The maximum atomic E-state index is 12.9. The molecule has 2 aromatic rings. The number of fused-ring (bicyclic) bond motifs is 1. The van der Waals surface area contributed by atoms with Gasteiger partial charge in [0.25, 0.3) is 0 Å². The number of amides is 1. The molecule has 3 nitrogen and oxygen atoms in total. The molecule has 1 aromatic carbocycles. The largest absolute Gasteiger partial charge is 0.393 e. The second-order valence-electron chi connectivity index (χ2n) is 5.82. The Kier molecular flexibility index (Phi) is 4.92. The van der Waals surface area contributed by atoms with Gasteiger partial charge in [0.05, 0.1) is 17.1 Å². The number of hydrogen-bond donors (Lipinski definition) is 1. The molecule has 0 spiro atoms. The summed E-state index contributed by atoms with van der Waals surface area (Å²) in [5, 5.41) is 2.53. The van der Waals surface area contributed by atoms with E-state index in [4.69, 9.17) is 11.6 Å². The Hall–Kier alpha value is -1.09. The van der Waals surface area contributed by atoms with Gasteiger partial charge in [-0.25, -0.2) is 0 Å². The second kappa shape index (κ2) is 6.67. The average molecular weight is 469 g/mol. The molecule has 1 N–H and O–H groups in total. The zero-order chi connectivity index (χ0) is 17.5. The number of benzene rings is 1. The summed E-state index contributed by atoms with van der Waals surface area (Å²) >= 11 is 7.97. The van der Waals surface area contributed by atoms with Gasteiger partial charge in [-0.05, 0) is 53.6 Å². The Morgan fingerprint density at radius 1 is 1.29 bits per heavy atom. The van der Waals surface area contributed by atoms with Gasteiger partial charge in [0.15, 0.2) is 0 Å². The Morgan fingerprint density at radius 3 is 2.71 bits per heavy atom. The molecule has 1 fully saturated rings. The third kappa shape index (κ3) is 3.46. The number of alkyl halides is 4. The van der Waals surface area contributed by atoms with Gasteiger partial charge >= 0.3 is 6.18 Å². The van der Waals surface area contributed by atoms with E-state index in [9.17, 15) is 18.0 Å². The summed E-state index contributed by atoms with van der Waals surface area (Å²) in [4.78, 5) is 16.7. The summed E-state index contributed by atoms with van der Waals surface area (Å²) in [6, 6.07) is 7.21. The predicted molar refractivity (Wildman–Crippen MR) is 95.0 cm³/mol. The smallest absolute Gasteiger partial charge is 0.324 e. The van der Waals surface area contributed by atoms with Crippen LogP contribution in [0.3, 0.4) is 0 Å². The van der Waals surface area contributed by atoms with Crippen molar-refractivity contribution < 1.29 is 18.0 Å². The molecule has 3 unspecified atom stereocenters. The quantitative estimate of drug-likeness (QED) is 0.499. The van der Waals surface area contributed by atoms with Crippen LogP contribution in [-0.4, -0.2) is 22.4 Å². The zero-order valence-electron chi connectivity index (χ0n) is 12.3. The Labute approximate surface area is 155 Å². The zero-order valence-corrected chi connectivity index (χ0v) is 15.2. The Balaban J connectivity index is 1.80. The molecule has 1 heterocycles. The van der Waals surface area contributed by atoms with Crippen LogP contribution in [0, 0.1) is 15.4 Å². The lowest BCUT2D eigenvalue weighted by Gasteiger charge is -2.17. The summed E-state index contributed by atoms with van der Waals surface area (Å²) in [6.07, 6.45) is -3.02. The highest BCUT2D eigenvalue weighted by molar-refractivity contribution is 14.1. The summed E-state index contributed by atoms with van der Waals surface area (Å²) in [5.41, 5.74) is 1.11. The molecule has 1 aliphatic rings. The number of anilines is 1.